The van der Waals surface area contributed by atoms with Gasteiger partial charge in [-0.3, -0.25) is 4.40 Å². The Morgan fingerprint density at radius 1 is 1.09 bits per heavy atom. The Morgan fingerprint density at radius 2 is 1.91 bits per heavy atom. The highest BCUT2D eigenvalue weighted by Crippen LogP contribution is 2.33. The molecule has 5 nitrogen and oxygen atoms in total. The van der Waals surface area contributed by atoms with Crippen LogP contribution in [0.25, 0.3) is 17.0 Å². The Morgan fingerprint density at radius 3 is 2.64 bits per heavy atom. The lowest BCUT2D eigenvalue weighted by molar-refractivity contribution is 0.230. The predicted octanol–water partition coefficient (Wildman–Crippen LogP) is 3.85. The average molecular weight is 318 g/mol. The Bertz CT molecular complexity index is 814. The van der Waals surface area contributed by atoms with E-state index in [-0.39, 0.29) is 6.10 Å². The summed E-state index contributed by atoms with van der Waals surface area (Å²) in [6, 6.07) is 9.29. The molecule has 3 aromatic rings. The number of benzene rings is 1. The van der Waals surface area contributed by atoms with Crippen molar-refractivity contribution in [1.82, 2.24) is 14.6 Å². The minimum atomic E-state index is 0.0498. The molecule has 0 N–H and O–H groups in total. The molecule has 0 unspecified atom stereocenters. The van der Waals surface area contributed by atoms with Gasteiger partial charge in [0.2, 0.25) is 0 Å². The van der Waals surface area contributed by atoms with Crippen LogP contribution >= 0.6 is 11.6 Å². The van der Waals surface area contributed by atoms with Crippen molar-refractivity contribution in [3.05, 3.63) is 41.6 Å². The third-order valence-corrected chi connectivity index (χ3v) is 3.37. The fourth-order valence-electron chi connectivity index (χ4n) is 2.22. The van der Waals surface area contributed by atoms with Crippen LogP contribution in [0.4, 0.5) is 0 Å². The highest BCUT2D eigenvalue weighted by molar-refractivity contribution is 6.30. The number of aromatic nitrogens is 3. The van der Waals surface area contributed by atoms with Gasteiger partial charge in [-0.1, -0.05) is 11.6 Å². The predicted molar refractivity (Wildman–Crippen MR) is 85.7 cm³/mol. The average Bonchev–Trinajstić information content (AvgIpc) is 2.89. The molecule has 0 aliphatic carbocycles. The third-order valence-electron chi connectivity index (χ3n) is 3.15. The van der Waals surface area contributed by atoms with Gasteiger partial charge in [-0.15, -0.1) is 10.2 Å². The fraction of sp³-hybridized carbons (Fsp3) is 0.250. The molecule has 6 heteroatoms. The molecule has 114 valence electrons. The number of hydrogen-bond donors (Lipinski definition) is 0. The van der Waals surface area contributed by atoms with E-state index in [1.165, 1.54) is 0 Å². The van der Waals surface area contributed by atoms with Crippen molar-refractivity contribution >= 4 is 17.2 Å². The maximum atomic E-state index is 6.06. The minimum Gasteiger partial charge on any atom is -0.493 e. The van der Waals surface area contributed by atoms with E-state index in [0.29, 0.717) is 22.3 Å². The second-order valence-corrected chi connectivity index (χ2v) is 5.57. The smallest absolute Gasteiger partial charge is 0.168 e. The number of hydrogen-bond acceptors (Lipinski definition) is 4. The van der Waals surface area contributed by atoms with Crippen molar-refractivity contribution in [2.24, 2.45) is 0 Å². The molecule has 0 amide bonds. The van der Waals surface area contributed by atoms with E-state index < -0.39 is 0 Å². The molecule has 0 fully saturated rings. The number of rotatable bonds is 4. The molecule has 1 aromatic carbocycles. The van der Waals surface area contributed by atoms with Crippen molar-refractivity contribution in [3.8, 4) is 22.9 Å². The zero-order valence-corrected chi connectivity index (χ0v) is 13.3. The normalized spacial score (nSPS) is 11.1. The first kappa shape index (κ1) is 14.7. The lowest BCUT2D eigenvalue weighted by Gasteiger charge is -2.14. The summed E-state index contributed by atoms with van der Waals surface area (Å²) >= 11 is 6.06. The van der Waals surface area contributed by atoms with E-state index in [9.17, 15) is 0 Å². The molecular formula is C16H16ClN3O2. The van der Waals surface area contributed by atoms with E-state index >= 15 is 0 Å². The van der Waals surface area contributed by atoms with Crippen molar-refractivity contribution in [2.75, 3.05) is 7.11 Å². The van der Waals surface area contributed by atoms with Crippen LogP contribution in [0.3, 0.4) is 0 Å². The van der Waals surface area contributed by atoms with Crippen molar-refractivity contribution in [3.63, 3.8) is 0 Å². The van der Waals surface area contributed by atoms with Gasteiger partial charge in [-0.2, -0.15) is 0 Å². The van der Waals surface area contributed by atoms with Crippen molar-refractivity contribution in [1.29, 1.82) is 0 Å². The van der Waals surface area contributed by atoms with Gasteiger partial charge in [0.05, 0.1) is 18.2 Å². The lowest BCUT2D eigenvalue weighted by atomic mass is 10.2. The van der Waals surface area contributed by atoms with E-state index in [4.69, 9.17) is 21.1 Å². The number of methoxy groups -OCH3 is 1. The first-order valence-electron chi connectivity index (χ1n) is 6.94. The zero-order valence-electron chi connectivity index (χ0n) is 12.6. The van der Waals surface area contributed by atoms with Gasteiger partial charge >= 0.3 is 0 Å². The van der Waals surface area contributed by atoms with E-state index in [1.54, 1.807) is 19.4 Å². The summed E-state index contributed by atoms with van der Waals surface area (Å²) in [4.78, 5) is 0. The molecule has 22 heavy (non-hydrogen) atoms. The van der Waals surface area contributed by atoms with Gasteiger partial charge in [-0.25, -0.2) is 0 Å². The van der Waals surface area contributed by atoms with Crippen LogP contribution < -0.4 is 9.47 Å². The Kier molecular flexibility index (Phi) is 3.90. The summed E-state index contributed by atoms with van der Waals surface area (Å²) in [6.45, 7) is 3.94. The standard InChI is InChI=1S/C16H16ClN3O2/c1-10(2)22-14-8-11(4-6-13(14)21-3)16-19-18-15-7-5-12(17)9-20(15)16/h4-10H,1-3H3. The fourth-order valence-corrected chi connectivity index (χ4v) is 2.38. The lowest BCUT2D eigenvalue weighted by Crippen LogP contribution is -2.07. The van der Waals surface area contributed by atoms with Crippen LogP contribution in [-0.2, 0) is 0 Å². The highest BCUT2D eigenvalue weighted by Gasteiger charge is 2.13. The molecule has 0 aliphatic rings. The van der Waals surface area contributed by atoms with Gasteiger partial charge < -0.3 is 9.47 Å². The maximum absolute atomic E-state index is 6.06. The maximum Gasteiger partial charge on any atom is 0.168 e. The number of fused-ring (bicyclic) bond motifs is 1. The number of nitrogens with zero attached hydrogens (tertiary/aromatic N) is 3. The van der Waals surface area contributed by atoms with E-state index in [2.05, 4.69) is 10.2 Å². The Balaban J connectivity index is 2.12. The van der Waals surface area contributed by atoms with Gasteiger partial charge in [-0.05, 0) is 44.2 Å². The summed E-state index contributed by atoms with van der Waals surface area (Å²) in [6.07, 6.45) is 1.84. The monoisotopic (exact) mass is 317 g/mol. The summed E-state index contributed by atoms with van der Waals surface area (Å²) in [5.41, 5.74) is 1.62. The Hall–Kier alpha value is -2.27. The molecule has 2 aromatic heterocycles. The number of pyridine rings is 1. The molecular weight excluding hydrogens is 302 g/mol. The van der Waals surface area contributed by atoms with Gasteiger partial charge in [0, 0.05) is 11.8 Å². The van der Waals surface area contributed by atoms with Crippen LogP contribution in [0, 0.1) is 0 Å². The summed E-state index contributed by atoms with van der Waals surface area (Å²) < 4.78 is 13.0. The van der Waals surface area contributed by atoms with Crippen LogP contribution in [0.5, 0.6) is 11.5 Å². The summed E-state index contributed by atoms with van der Waals surface area (Å²) in [5, 5.41) is 9.02. The molecule has 0 aliphatic heterocycles. The molecule has 0 radical (unpaired) electrons. The number of ether oxygens (including phenoxy) is 2. The van der Waals surface area contributed by atoms with Gasteiger partial charge in [0.25, 0.3) is 0 Å². The first-order chi connectivity index (χ1) is 10.6. The van der Waals surface area contributed by atoms with Crippen LogP contribution in [0.2, 0.25) is 5.02 Å². The molecule has 0 saturated heterocycles. The summed E-state index contributed by atoms with van der Waals surface area (Å²) in [7, 11) is 1.62. The second kappa shape index (κ2) is 5.85. The topological polar surface area (TPSA) is 48.7 Å². The highest BCUT2D eigenvalue weighted by atomic mass is 35.5. The first-order valence-corrected chi connectivity index (χ1v) is 7.31. The van der Waals surface area contributed by atoms with Crippen LogP contribution in [0.1, 0.15) is 13.8 Å². The van der Waals surface area contributed by atoms with Crippen LogP contribution in [-0.4, -0.2) is 27.8 Å². The quantitative estimate of drug-likeness (QED) is 0.733. The molecule has 3 rings (SSSR count). The molecule has 0 spiro atoms. The molecule has 0 saturated carbocycles. The van der Waals surface area contributed by atoms with E-state index in [0.717, 1.165) is 11.2 Å². The SMILES string of the molecule is COc1ccc(-c2nnc3ccc(Cl)cn23)cc1OC(C)C. The number of halogens is 1. The van der Waals surface area contributed by atoms with Crippen molar-refractivity contribution < 1.29 is 9.47 Å². The van der Waals surface area contributed by atoms with Gasteiger partial charge in [0.1, 0.15) is 0 Å². The summed E-state index contributed by atoms with van der Waals surface area (Å²) in [5.74, 6) is 2.06. The second-order valence-electron chi connectivity index (χ2n) is 5.13. The molecule has 2 heterocycles. The van der Waals surface area contributed by atoms with Crippen molar-refractivity contribution in [2.45, 2.75) is 20.0 Å². The minimum absolute atomic E-state index is 0.0498. The largest absolute Gasteiger partial charge is 0.493 e. The third kappa shape index (κ3) is 2.72. The Labute approximate surface area is 133 Å². The van der Waals surface area contributed by atoms with E-state index in [1.807, 2.05) is 42.5 Å². The zero-order chi connectivity index (χ0) is 15.7. The molecule has 0 atom stereocenters. The molecule has 0 bridgehead atoms. The van der Waals surface area contributed by atoms with Crippen LogP contribution in [0.15, 0.2) is 36.5 Å². The van der Waals surface area contributed by atoms with Gasteiger partial charge in [0.15, 0.2) is 23.0 Å².